The third kappa shape index (κ3) is 2.79. The van der Waals surface area contributed by atoms with Crippen molar-refractivity contribution in [1.82, 2.24) is 9.88 Å². The smallest absolute Gasteiger partial charge is 0.329 e. The van der Waals surface area contributed by atoms with Crippen LogP contribution in [0.25, 0.3) is 5.69 Å². The van der Waals surface area contributed by atoms with Crippen LogP contribution in [0.2, 0.25) is 0 Å². The number of hydrogen-bond acceptors (Lipinski definition) is 2. The number of nitrogens with zero attached hydrogens (tertiary/aromatic N) is 1. The van der Waals surface area contributed by atoms with Gasteiger partial charge in [0.05, 0.1) is 5.56 Å². The van der Waals surface area contributed by atoms with Crippen molar-refractivity contribution in [1.29, 1.82) is 0 Å². The third-order valence-electron chi connectivity index (χ3n) is 4.25. The van der Waals surface area contributed by atoms with Crippen LogP contribution in [0.5, 0.6) is 0 Å². The molecule has 120 valence electrons. The Morgan fingerprint density at radius 1 is 1.26 bits per heavy atom. The fourth-order valence-electron chi connectivity index (χ4n) is 2.81. The van der Waals surface area contributed by atoms with Gasteiger partial charge in [-0.15, -0.1) is 0 Å². The Hall–Kier alpha value is -2.08. The highest BCUT2D eigenvalue weighted by Crippen LogP contribution is 2.36. The average molecular weight is 377 g/mol. The molecule has 1 saturated carbocycles. The predicted molar refractivity (Wildman–Crippen MR) is 90.0 cm³/mol. The van der Waals surface area contributed by atoms with Crippen LogP contribution in [-0.4, -0.2) is 27.1 Å². The Morgan fingerprint density at radius 3 is 2.52 bits per heavy atom. The van der Waals surface area contributed by atoms with Gasteiger partial charge in [-0.2, -0.15) is 0 Å². The van der Waals surface area contributed by atoms with E-state index in [1.807, 2.05) is 42.7 Å². The van der Waals surface area contributed by atoms with Crippen molar-refractivity contribution < 1.29 is 14.7 Å². The number of nitrogens with one attached hydrogen (secondary N) is 1. The molecule has 0 unspecified atom stereocenters. The predicted octanol–water partition coefficient (Wildman–Crippen LogP) is 3.20. The van der Waals surface area contributed by atoms with E-state index in [2.05, 4.69) is 21.2 Å². The number of amides is 1. The number of carboxylic acids is 1. The summed E-state index contributed by atoms with van der Waals surface area (Å²) in [6.45, 7) is 3.79. The van der Waals surface area contributed by atoms with Crippen molar-refractivity contribution >= 4 is 27.8 Å². The van der Waals surface area contributed by atoms with Crippen molar-refractivity contribution in [2.75, 3.05) is 0 Å². The van der Waals surface area contributed by atoms with E-state index in [0.717, 1.165) is 21.5 Å². The number of carboxylic acid groups (broad SMARTS) is 1. The molecule has 0 bridgehead atoms. The summed E-state index contributed by atoms with van der Waals surface area (Å²) < 4.78 is 2.94. The number of carbonyl (C=O) groups is 2. The first kappa shape index (κ1) is 15.8. The minimum Gasteiger partial charge on any atom is -0.480 e. The SMILES string of the molecule is Cc1cc(C(=O)NC2(C(=O)O)CC2)c(C)n1-c1cccc(Br)c1. The van der Waals surface area contributed by atoms with Gasteiger partial charge in [0.2, 0.25) is 0 Å². The fourth-order valence-corrected chi connectivity index (χ4v) is 3.19. The molecule has 2 aromatic rings. The molecule has 1 aromatic carbocycles. The zero-order chi connectivity index (χ0) is 16.8. The topological polar surface area (TPSA) is 71.3 Å². The van der Waals surface area contributed by atoms with Crippen LogP contribution in [-0.2, 0) is 4.79 Å². The van der Waals surface area contributed by atoms with Crippen molar-refractivity contribution in [3.05, 3.63) is 51.8 Å². The Kier molecular flexibility index (Phi) is 3.80. The molecule has 0 saturated heterocycles. The summed E-state index contributed by atoms with van der Waals surface area (Å²) in [4.78, 5) is 23.7. The second-order valence-corrected chi connectivity index (χ2v) is 6.86. The lowest BCUT2D eigenvalue weighted by molar-refractivity contribution is -0.140. The maximum absolute atomic E-state index is 12.5. The second-order valence-electron chi connectivity index (χ2n) is 5.94. The summed E-state index contributed by atoms with van der Waals surface area (Å²) in [5.41, 5.74) is 2.10. The summed E-state index contributed by atoms with van der Waals surface area (Å²) >= 11 is 3.45. The Bertz CT molecular complexity index is 806. The molecule has 5 nitrogen and oxygen atoms in total. The number of aromatic nitrogens is 1. The lowest BCUT2D eigenvalue weighted by Crippen LogP contribution is -2.43. The number of carbonyl (C=O) groups excluding carboxylic acids is 1. The summed E-state index contributed by atoms with van der Waals surface area (Å²) in [5.74, 6) is -1.30. The molecule has 2 N–H and O–H groups in total. The minimum absolute atomic E-state index is 0.334. The van der Waals surface area contributed by atoms with Crippen molar-refractivity contribution in [2.24, 2.45) is 0 Å². The van der Waals surface area contributed by atoms with Gasteiger partial charge in [0.1, 0.15) is 5.54 Å². The Labute approximate surface area is 142 Å². The van der Waals surface area contributed by atoms with E-state index in [4.69, 9.17) is 0 Å². The largest absolute Gasteiger partial charge is 0.480 e. The second kappa shape index (κ2) is 5.53. The quantitative estimate of drug-likeness (QED) is 0.860. The zero-order valence-corrected chi connectivity index (χ0v) is 14.5. The summed E-state index contributed by atoms with van der Waals surface area (Å²) in [5, 5.41) is 11.9. The molecule has 1 aliphatic rings. The molecule has 23 heavy (non-hydrogen) atoms. The molecule has 6 heteroatoms. The molecular formula is C17H17BrN2O3. The van der Waals surface area contributed by atoms with E-state index >= 15 is 0 Å². The third-order valence-corrected chi connectivity index (χ3v) is 4.75. The van der Waals surface area contributed by atoms with E-state index in [1.165, 1.54) is 0 Å². The number of aliphatic carboxylic acids is 1. The molecule has 1 fully saturated rings. The van der Waals surface area contributed by atoms with Gasteiger partial charge in [0, 0.05) is 21.5 Å². The first-order valence-electron chi connectivity index (χ1n) is 7.35. The number of benzene rings is 1. The standard InChI is InChI=1S/C17H17BrN2O3/c1-10-8-14(15(21)19-17(6-7-17)16(22)23)11(2)20(10)13-5-3-4-12(18)9-13/h3-5,8-9H,6-7H2,1-2H3,(H,19,21)(H,22,23). The van der Waals surface area contributed by atoms with E-state index in [0.29, 0.717) is 18.4 Å². The molecular weight excluding hydrogens is 360 g/mol. The first-order chi connectivity index (χ1) is 10.8. The molecule has 0 atom stereocenters. The number of aryl methyl sites for hydroxylation is 1. The van der Waals surface area contributed by atoms with Crippen LogP contribution in [0.1, 0.15) is 34.6 Å². The van der Waals surface area contributed by atoms with Gasteiger partial charge in [-0.1, -0.05) is 22.0 Å². The van der Waals surface area contributed by atoms with E-state index < -0.39 is 11.5 Å². The lowest BCUT2D eigenvalue weighted by atomic mass is 10.2. The van der Waals surface area contributed by atoms with Crippen molar-refractivity contribution in [3.8, 4) is 5.69 Å². The van der Waals surface area contributed by atoms with Crippen LogP contribution in [0.3, 0.4) is 0 Å². The normalized spacial score (nSPS) is 15.3. The summed E-state index contributed by atoms with van der Waals surface area (Å²) in [7, 11) is 0. The monoisotopic (exact) mass is 376 g/mol. The number of halogens is 1. The van der Waals surface area contributed by atoms with Crippen molar-refractivity contribution in [3.63, 3.8) is 0 Å². The molecule has 1 heterocycles. The number of rotatable bonds is 4. The van der Waals surface area contributed by atoms with Crippen LogP contribution in [0.4, 0.5) is 0 Å². The molecule has 1 aliphatic carbocycles. The zero-order valence-electron chi connectivity index (χ0n) is 12.9. The molecule has 1 aromatic heterocycles. The van der Waals surface area contributed by atoms with Gasteiger partial charge in [-0.3, -0.25) is 4.79 Å². The molecule has 3 rings (SSSR count). The lowest BCUT2D eigenvalue weighted by Gasteiger charge is -2.13. The summed E-state index contributed by atoms with van der Waals surface area (Å²) in [6, 6.07) is 9.60. The highest BCUT2D eigenvalue weighted by Gasteiger charge is 2.51. The maximum atomic E-state index is 12.5. The van der Waals surface area contributed by atoms with E-state index in [-0.39, 0.29) is 5.91 Å². The van der Waals surface area contributed by atoms with Gasteiger partial charge in [0.25, 0.3) is 5.91 Å². The Morgan fingerprint density at radius 2 is 1.96 bits per heavy atom. The summed E-state index contributed by atoms with van der Waals surface area (Å²) in [6.07, 6.45) is 0.969. The van der Waals surface area contributed by atoms with Crippen LogP contribution in [0.15, 0.2) is 34.8 Å². The van der Waals surface area contributed by atoms with Crippen LogP contribution < -0.4 is 5.32 Å². The minimum atomic E-state index is -1.07. The highest BCUT2D eigenvalue weighted by molar-refractivity contribution is 9.10. The number of hydrogen-bond donors (Lipinski definition) is 2. The maximum Gasteiger partial charge on any atom is 0.329 e. The Balaban J connectivity index is 1.95. The van der Waals surface area contributed by atoms with Gasteiger partial charge in [0.15, 0.2) is 0 Å². The molecule has 0 radical (unpaired) electrons. The van der Waals surface area contributed by atoms with Crippen molar-refractivity contribution in [2.45, 2.75) is 32.2 Å². The average Bonchev–Trinajstić information content (AvgIpc) is 3.19. The van der Waals surface area contributed by atoms with E-state index in [1.54, 1.807) is 6.07 Å². The molecule has 0 aliphatic heterocycles. The van der Waals surface area contributed by atoms with Gasteiger partial charge in [-0.25, -0.2) is 4.79 Å². The fraction of sp³-hybridized carbons (Fsp3) is 0.294. The van der Waals surface area contributed by atoms with Gasteiger partial charge >= 0.3 is 5.97 Å². The van der Waals surface area contributed by atoms with Crippen LogP contribution in [0, 0.1) is 13.8 Å². The first-order valence-corrected chi connectivity index (χ1v) is 8.14. The highest BCUT2D eigenvalue weighted by atomic mass is 79.9. The van der Waals surface area contributed by atoms with Gasteiger partial charge in [-0.05, 0) is 51.0 Å². The molecule has 1 amide bonds. The van der Waals surface area contributed by atoms with Crippen LogP contribution >= 0.6 is 15.9 Å². The van der Waals surface area contributed by atoms with E-state index in [9.17, 15) is 14.7 Å². The molecule has 0 spiro atoms. The van der Waals surface area contributed by atoms with Gasteiger partial charge < -0.3 is 15.0 Å².